The second kappa shape index (κ2) is 6.11. The van der Waals surface area contributed by atoms with E-state index in [9.17, 15) is 4.79 Å². The number of hydrogen-bond acceptors (Lipinski definition) is 4. The van der Waals surface area contributed by atoms with Crippen LogP contribution < -0.4 is 5.32 Å². The first-order chi connectivity index (χ1) is 8.74. The third-order valence-corrected chi connectivity index (χ3v) is 4.67. The average Bonchev–Trinajstić information content (AvgIpc) is 3.04. The molecule has 0 saturated heterocycles. The van der Waals surface area contributed by atoms with Crippen molar-refractivity contribution in [3.63, 3.8) is 0 Å². The lowest BCUT2D eigenvalue weighted by molar-refractivity contribution is 0.0930. The number of carbonyl (C=O) groups excluding carboxylic acids is 1. The van der Waals surface area contributed by atoms with Gasteiger partial charge < -0.3 is 5.32 Å². The molecule has 0 radical (unpaired) electrons. The smallest absolute Gasteiger partial charge is 0.270 e. The van der Waals surface area contributed by atoms with E-state index in [1.54, 1.807) is 11.3 Å². The normalized spacial score (nSPS) is 10.8. The molecule has 2 rings (SSSR count). The first kappa shape index (κ1) is 13.2. The van der Waals surface area contributed by atoms with Gasteiger partial charge in [-0.2, -0.15) is 0 Å². The van der Waals surface area contributed by atoms with Crippen molar-refractivity contribution in [1.82, 2.24) is 10.3 Å². The van der Waals surface area contributed by atoms with Crippen LogP contribution >= 0.6 is 22.7 Å². The zero-order valence-electron chi connectivity index (χ0n) is 10.5. The number of thiazole rings is 1. The molecule has 0 unspecified atom stereocenters. The lowest BCUT2D eigenvalue weighted by atomic mass is 10.2. The Hall–Kier alpha value is -1.20. The van der Waals surface area contributed by atoms with Gasteiger partial charge in [-0.25, -0.2) is 4.98 Å². The van der Waals surface area contributed by atoms with Gasteiger partial charge in [0.25, 0.3) is 5.91 Å². The third kappa shape index (κ3) is 2.97. The Morgan fingerprint density at radius 2 is 2.17 bits per heavy atom. The topological polar surface area (TPSA) is 42.0 Å². The van der Waals surface area contributed by atoms with Crippen LogP contribution in [-0.2, 0) is 0 Å². The minimum atomic E-state index is -0.0669. The molecule has 0 aromatic carbocycles. The van der Waals surface area contributed by atoms with Crippen LogP contribution in [0.4, 0.5) is 0 Å². The Morgan fingerprint density at radius 1 is 1.39 bits per heavy atom. The summed E-state index contributed by atoms with van der Waals surface area (Å²) in [7, 11) is 0. The summed E-state index contributed by atoms with van der Waals surface area (Å²) in [6.07, 6.45) is 1.90. The molecule has 0 spiro atoms. The lowest BCUT2D eigenvalue weighted by Gasteiger charge is -2.13. The fourth-order valence-electron chi connectivity index (χ4n) is 1.64. The van der Waals surface area contributed by atoms with Gasteiger partial charge in [0.1, 0.15) is 10.7 Å². The van der Waals surface area contributed by atoms with E-state index in [1.807, 2.05) is 22.9 Å². The number of hydrogen-bond donors (Lipinski definition) is 1. The SMILES string of the molecule is CCC(CC)NC(=O)c1csc(-c2cccs2)n1. The zero-order valence-corrected chi connectivity index (χ0v) is 12.1. The van der Waals surface area contributed by atoms with Crippen LogP contribution in [0.2, 0.25) is 0 Å². The number of rotatable bonds is 5. The third-order valence-electron chi connectivity index (χ3n) is 2.79. The molecule has 0 bridgehead atoms. The second-order valence-electron chi connectivity index (χ2n) is 4.00. The largest absolute Gasteiger partial charge is 0.348 e. The molecule has 0 aliphatic heterocycles. The Labute approximate surface area is 115 Å². The molecule has 1 N–H and O–H groups in total. The summed E-state index contributed by atoms with van der Waals surface area (Å²) >= 11 is 3.16. The Balaban J connectivity index is 2.08. The highest BCUT2D eigenvalue weighted by molar-refractivity contribution is 7.20. The summed E-state index contributed by atoms with van der Waals surface area (Å²) in [5, 5.41) is 7.76. The highest BCUT2D eigenvalue weighted by atomic mass is 32.1. The van der Waals surface area contributed by atoms with Crippen LogP contribution in [0.25, 0.3) is 9.88 Å². The molecule has 0 aliphatic carbocycles. The maximum Gasteiger partial charge on any atom is 0.270 e. The van der Waals surface area contributed by atoms with Gasteiger partial charge in [0, 0.05) is 11.4 Å². The van der Waals surface area contributed by atoms with E-state index < -0.39 is 0 Å². The molecule has 18 heavy (non-hydrogen) atoms. The molecule has 0 fully saturated rings. The van der Waals surface area contributed by atoms with E-state index in [-0.39, 0.29) is 11.9 Å². The summed E-state index contributed by atoms with van der Waals surface area (Å²) in [6.45, 7) is 4.15. The Bertz CT molecular complexity index is 501. The summed E-state index contributed by atoms with van der Waals surface area (Å²) in [5.41, 5.74) is 0.523. The predicted octanol–water partition coefficient (Wildman–Crippen LogP) is 3.79. The van der Waals surface area contributed by atoms with Crippen molar-refractivity contribution in [2.24, 2.45) is 0 Å². The minimum absolute atomic E-state index is 0.0669. The molecule has 2 aromatic rings. The van der Waals surface area contributed by atoms with E-state index >= 15 is 0 Å². The molecule has 96 valence electrons. The number of amides is 1. The van der Waals surface area contributed by atoms with Gasteiger partial charge in [0.2, 0.25) is 0 Å². The van der Waals surface area contributed by atoms with Gasteiger partial charge in [-0.3, -0.25) is 4.79 Å². The predicted molar refractivity (Wildman–Crippen MR) is 77.3 cm³/mol. The summed E-state index contributed by atoms with van der Waals surface area (Å²) < 4.78 is 0. The van der Waals surface area contributed by atoms with E-state index in [1.165, 1.54) is 11.3 Å². The van der Waals surface area contributed by atoms with Crippen molar-refractivity contribution in [2.45, 2.75) is 32.7 Å². The van der Waals surface area contributed by atoms with Gasteiger partial charge in [-0.15, -0.1) is 22.7 Å². The molecule has 2 heterocycles. The number of carbonyl (C=O) groups is 1. The molecular weight excluding hydrogens is 264 g/mol. The molecule has 0 saturated carbocycles. The fourth-order valence-corrected chi connectivity index (χ4v) is 3.26. The maximum absolute atomic E-state index is 12.0. The van der Waals surface area contributed by atoms with Crippen LogP contribution in [0.1, 0.15) is 37.2 Å². The maximum atomic E-state index is 12.0. The van der Waals surface area contributed by atoms with Gasteiger partial charge in [-0.05, 0) is 24.3 Å². The van der Waals surface area contributed by atoms with Crippen LogP contribution in [-0.4, -0.2) is 16.9 Å². The highest BCUT2D eigenvalue weighted by Gasteiger charge is 2.14. The number of nitrogens with one attached hydrogen (secondary N) is 1. The first-order valence-electron chi connectivity index (χ1n) is 6.04. The molecule has 1 amide bonds. The van der Waals surface area contributed by atoms with Gasteiger partial charge in [-0.1, -0.05) is 19.9 Å². The van der Waals surface area contributed by atoms with Gasteiger partial charge >= 0.3 is 0 Å². The molecule has 0 aliphatic rings. The Morgan fingerprint density at radius 3 is 2.78 bits per heavy atom. The standard InChI is InChI=1S/C13H16N2OS2/c1-3-9(4-2)14-12(16)10-8-18-13(15-10)11-6-5-7-17-11/h5-9H,3-4H2,1-2H3,(H,14,16). The Kier molecular flexibility index (Phi) is 4.49. The zero-order chi connectivity index (χ0) is 13.0. The van der Waals surface area contributed by atoms with E-state index in [0.29, 0.717) is 5.69 Å². The summed E-state index contributed by atoms with van der Waals surface area (Å²) in [6, 6.07) is 4.25. The number of aromatic nitrogens is 1. The molecule has 2 aromatic heterocycles. The minimum Gasteiger partial charge on any atom is -0.348 e. The molecular formula is C13H16N2OS2. The van der Waals surface area contributed by atoms with Crippen molar-refractivity contribution in [3.05, 3.63) is 28.6 Å². The van der Waals surface area contributed by atoms with Gasteiger partial charge in [0.05, 0.1) is 4.88 Å². The molecule has 3 nitrogen and oxygen atoms in total. The number of thiophene rings is 1. The molecule has 0 atom stereocenters. The summed E-state index contributed by atoms with van der Waals surface area (Å²) in [5.74, 6) is -0.0669. The molecule has 5 heteroatoms. The van der Waals surface area contributed by atoms with Crippen molar-refractivity contribution in [1.29, 1.82) is 0 Å². The van der Waals surface area contributed by atoms with E-state index in [2.05, 4.69) is 24.1 Å². The monoisotopic (exact) mass is 280 g/mol. The van der Waals surface area contributed by atoms with Crippen LogP contribution in [0, 0.1) is 0 Å². The van der Waals surface area contributed by atoms with E-state index in [4.69, 9.17) is 0 Å². The average molecular weight is 280 g/mol. The number of nitrogens with zero attached hydrogens (tertiary/aromatic N) is 1. The van der Waals surface area contributed by atoms with Gasteiger partial charge in [0.15, 0.2) is 0 Å². The van der Waals surface area contributed by atoms with Crippen molar-refractivity contribution in [3.8, 4) is 9.88 Å². The van der Waals surface area contributed by atoms with Crippen LogP contribution in [0.5, 0.6) is 0 Å². The quantitative estimate of drug-likeness (QED) is 0.905. The van der Waals surface area contributed by atoms with Crippen molar-refractivity contribution in [2.75, 3.05) is 0 Å². The lowest BCUT2D eigenvalue weighted by Crippen LogP contribution is -2.33. The van der Waals surface area contributed by atoms with Crippen LogP contribution in [0.3, 0.4) is 0 Å². The summed E-state index contributed by atoms with van der Waals surface area (Å²) in [4.78, 5) is 17.5. The highest BCUT2D eigenvalue weighted by Crippen LogP contribution is 2.27. The van der Waals surface area contributed by atoms with Crippen molar-refractivity contribution < 1.29 is 4.79 Å². The fraction of sp³-hybridized carbons (Fsp3) is 0.385. The van der Waals surface area contributed by atoms with Crippen molar-refractivity contribution >= 4 is 28.6 Å². The van der Waals surface area contributed by atoms with E-state index in [0.717, 1.165) is 22.7 Å². The van der Waals surface area contributed by atoms with Crippen LogP contribution in [0.15, 0.2) is 22.9 Å². The first-order valence-corrected chi connectivity index (χ1v) is 7.80. The second-order valence-corrected chi connectivity index (χ2v) is 5.81.